The van der Waals surface area contributed by atoms with E-state index in [9.17, 15) is 0 Å². The van der Waals surface area contributed by atoms with Crippen molar-refractivity contribution in [2.24, 2.45) is 11.0 Å². The highest BCUT2D eigenvalue weighted by molar-refractivity contribution is 5.51. The molecule has 0 bridgehead atoms. The van der Waals surface area contributed by atoms with Crippen molar-refractivity contribution in [3.63, 3.8) is 0 Å². The zero-order chi connectivity index (χ0) is 12.4. The molecule has 2 rings (SSSR count). The number of rotatable bonds is 4. The highest BCUT2D eigenvalue weighted by Gasteiger charge is 2.13. The predicted octanol–water partition coefficient (Wildman–Crippen LogP) is 2.91. The van der Waals surface area contributed by atoms with Crippen LogP contribution in [0, 0.1) is 12.8 Å². The number of fused-ring (bicyclic) bond motifs is 1. The molecule has 0 saturated heterocycles. The third-order valence-electron chi connectivity index (χ3n) is 2.70. The summed E-state index contributed by atoms with van der Waals surface area (Å²) in [6.45, 7) is 7.58. The Balaban J connectivity index is 2.51. The van der Waals surface area contributed by atoms with Crippen molar-refractivity contribution < 1.29 is 0 Å². The Morgan fingerprint density at radius 2 is 2.24 bits per heavy atom. The van der Waals surface area contributed by atoms with E-state index in [2.05, 4.69) is 33.5 Å². The molecule has 0 aliphatic rings. The van der Waals surface area contributed by atoms with Gasteiger partial charge in [0.05, 0.1) is 12.2 Å². The van der Waals surface area contributed by atoms with E-state index in [1.165, 1.54) is 0 Å². The second-order valence-electron chi connectivity index (χ2n) is 4.57. The van der Waals surface area contributed by atoms with Gasteiger partial charge in [0.15, 0.2) is 0 Å². The lowest BCUT2D eigenvalue weighted by Crippen LogP contribution is -2.04. The van der Waals surface area contributed by atoms with E-state index in [0.717, 1.165) is 23.4 Å². The Bertz CT molecular complexity index is 570. The number of hydrogen-bond acceptors (Lipinski definition) is 2. The van der Waals surface area contributed by atoms with Gasteiger partial charge in [-0.15, -0.1) is 0 Å². The molecule has 17 heavy (non-hydrogen) atoms. The van der Waals surface area contributed by atoms with Gasteiger partial charge in [0.2, 0.25) is 0 Å². The summed E-state index contributed by atoms with van der Waals surface area (Å²) in [5.74, 6) is 0.564. The molecule has 0 atom stereocenters. The number of aromatic nitrogens is 3. The van der Waals surface area contributed by atoms with Gasteiger partial charge < -0.3 is 4.57 Å². The molecular formula is C11H16N6. The monoisotopic (exact) mass is 232 g/mol. The lowest BCUT2D eigenvalue weighted by molar-refractivity contribution is 0.533. The van der Waals surface area contributed by atoms with E-state index in [1.54, 1.807) is 0 Å². The van der Waals surface area contributed by atoms with Gasteiger partial charge >= 0.3 is 0 Å². The van der Waals surface area contributed by atoms with E-state index >= 15 is 0 Å². The Hall–Kier alpha value is -1.94. The molecule has 0 aliphatic carbocycles. The Kier molecular flexibility index (Phi) is 3.06. The van der Waals surface area contributed by atoms with Crippen molar-refractivity contribution in [2.45, 2.75) is 33.9 Å². The Morgan fingerprint density at radius 3 is 2.88 bits per heavy atom. The molecular weight excluding hydrogens is 216 g/mol. The maximum absolute atomic E-state index is 8.42. The first kappa shape index (κ1) is 11.5. The summed E-state index contributed by atoms with van der Waals surface area (Å²) in [5, 5.41) is 8.05. The van der Waals surface area contributed by atoms with Gasteiger partial charge in [-0.05, 0) is 18.4 Å². The van der Waals surface area contributed by atoms with Crippen LogP contribution in [-0.2, 0) is 13.1 Å². The maximum atomic E-state index is 8.42. The molecule has 6 nitrogen and oxygen atoms in total. The van der Waals surface area contributed by atoms with E-state index in [0.29, 0.717) is 12.5 Å². The topological polar surface area (TPSA) is 71.0 Å². The van der Waals surface area contributed by atoms with Crippen molar-refractivity contribution >= 4 is 5.65 Å². The normalized spacial score (nSPS) is 11.1. The lowest BCUT2D eigenvalue weighted by Gasteiger charge is -2.07. The van der Waals surface area contributed by atoms with Gasteiger partial charge in [-0.25, -0.2) is 4.52 Å². The summed E-state index contributed by atoms with van der Waals surface area (Å²) in [6, 6.07) is 0. The molecule has 0 amide bonds. The highest BCUT2D eigenvalue weighted by atomic mass is 15.3. The molecule has 0 spiro atoms. The molecule has 0 radical (unpaired) electrons. The number of hydrogen-bond donors (Lipinski definition) is 0. The molecule has 0 saturated carbocycles. The van der Waals surface area contributed by atoms with Crippen LogP contribution < -0.4 is 0 Å². The molecule has 0 unspecified atom stereocenters. The summed E-state index contributed by atoms with van der Waals surface area (Å²) in [6.07, 6.45) is 3.95. The quantitative estimate of drug-likeness (QED) is 0.454. The predicted molar refractivity (Wildman–Crippen MR) is 65.6 cm³/mol. The minimum Gasteiger partial charge on any atom is -0.331 e. The van der Waals surface area contributed by atoms with Crippen molar-refractivity contribution in [3.05, 3.63) is 34.1 Å². The Labute approximate surface area is 99.5 Å². The molecule has 2 aromatic heterocycles. The minimum absolute atomic E-state index is 0.355. The highest BCUT2D eigenvalue weighted by Crippen LogP contribution is 2.18. The van der Waals surface area contributed by atoms with Crippen LogP contribution in [0.25, 0.3) is 16.1 Å². The van der Waals surface area contributed by atoms with Crippen LogP contribution in [0.4, 0.5) is 0 Å². The summed E-state index contributed by atoms with van der Waals surface area (Å²) in [4.78, 5) is 2.81. The minimum atomic E-state index is 0.355. The van der Waals surface area contributed by atoms with Crippen LogP contribution in [0.15, 0.2) is 17.5 Å². The number of aryl methyl sites for hydroxylation is 1. The standard InChI is InChI=1S/C11H16N6/c1-8(2)7-16-4-5-17-11(16)10(6-13-15-12)9(3)14-17/h4-5,8H,6-7H2,1-3H3. The van der Waals surface area contributed by atoms with Crippen LogP contribution in [0.5, 0.6) is 0 Å². The third kappa shape index (κ3) is 2.12. The second kappa shape index (κ2) is 4.51. The third-order valence-corrected chi connectivity index (χ3v) is 2.70. The summed E-state index contributed by atoms with van der Waals surface area (Å²) in [5.41, 5.74) is 11.4. The van der Waals surface area contributed by atoms with Gasteiger partial charge in [0, 0.05) is 29.4 Å². The van der Waals surface area contributed by atoms with Gasteiger partial charge in [-0.2, -0.15) is 5.10 Å². The molecule has 6 heteroatoms. The molecule has 0 aliphatic heterocycles. The Morgan fingerprint density at radius 1 is 1.47 bits per heavy atom. The van der Waals surface area contributed by atoms with E-state index in [1.807, 2.05) is 23.8 Å². The molecule has 0 aromatic carbocycles. The van der Waals surface area contributed by atoms with Crippen LogP contribution >= 0.6 is 0 Å². The molecule has 2 heterocycles. The van der Waals surface area contributed by atoms with E-state index in [4.69, 9.17) is 5.53 Å². The first-order valence-corrected chi connectivity index (χ1v) is 5.67. The van der Waals surface area contributed by atoms with Gasteiger partial charge in [-0.3, -0.25) is 0 Å². The van der Waals surface area contributed by atoms with Gasteiger partial charge in [0.1, 0.15) is 5.65 Å². The van der Waals surface area contributed by atoms with Crippen LogP contribution in [-0.4, -0.2) is 14.2 Å². The first-order valence-electron chi connectivity index (χ1n) is 5.67. The fraction of sp³-hybridized carbons (Fsp3) is 0.545. The average Bonchev–Trinajstić information content (AvgIpc) is 2.76. The summed E-state index contributed by atoms with van der Waals surface area (Å²) >= 11 is 0. The zero-order valence-corrected chi connectivity index (χ0v) is 10.3. The number of azide groups is 1. The summed E-state index contributed by atoms with van der Waals surface area (Å²) < 4.78 is 4.01. The smallest absolute Gasteiger partial charge is 0.139 e. The fourth-order valence-corrected chi connectivity index (χ4v) is 2.02. The van der Waals surface area contributed by atoms with Crippen LogP contribution in [0.1, 0.15) is 25.1 Å². The SMILES string of the molecule is Cc1nn2ccn(CC(C)C)c2c1CN=[N+]=[N-]. The fourth-order valence-electron chi connectivity index (χ4n) is 2.02. The van der Waals surface area contributed by atoms with Crippen molar-refractivity contribution in [1.29, 1.82) is 0 Å². The van der Waals surface area contributed by atoms with Gasteiger partial charge in [0.25, 0.3) is 0 Å². The van der Waals surface area contributed by atoms with Crippen LogP contribution in [0.2, 0.25) is 0 Å². The second-order valence-corrected chi connectivity index (χ2v) is 4.57. The largest absolute Gasteiger partial charge is 0.331 e. The van der Waals surface area contributed by atoms with Crippen molar-refractivity contribution in [2.75, 3.05) is 0 Å². The summed E-state index contributed by atoms with van der Waals surface area (Å²) in [7, 11) is 0. The molecule has 2 aromatic rings. The molecule has 0 N–H and O–H groups in total. The van der Waals surface area contributed by atoms with Crippen LogP contribution in [0.3, 0.4) is 0 Å². The van der Waals surface area contributed by atoms with E-state index in [-0.39, 0.29) is 0 Å². The van der Waals surface area contributed by atoms with Crippen molar-refractivity contribution in [3.8, 4) is 0 Å². The average molecular weight is 232 g/mol. The van der Waals surface area contributed by atoms with Crippen molar-refractivity contribution in [1.82, 2.24) is 14.2 Å². The lowest BCUT2D eigenvalue weighted by atomic mass is 10.2. The van der Waals surface area contributed by atoms with E-state index < -0.39 is 0 Å². The zero-order valence-electron chi connectivity index (χ0n) is 10.3. The number of nitrogens with zero attached hydrogens (tertiary/aromatic N) is 6. The number of imidazole rings is 1. The molecule has 0 fully saturated rings. The van der Waals surface area contributed by atoms with Gasteiger partial charge in [-0.1, -0.05) is 19.0 Å². The molecule has 90 valence electrons. The first-order chi connectivity index (χ1) is 8.13. The maximum Gasteiger partial charge on any atom is 0.139 e.